The molecule has 3 aromatic rings. The average Bonchev–Trinajstić information content (AvgIpc) is 2.86. The monoisotopic (exact) mass is 450 g/mol. The van der Waals surface area contributed by atoms with Crippen LogP contribution in [0.2, 0.25) is 0 Å². The first-order valence-corrected chi connectivity index (χ1v) is 11.7. The van der Waals surface area contributed by atoms with E-state index in [4.69, 9.17) is 18.9 Å². The molecule has 2 aliphatic heterocycles. The van der Waals surface area contributed by atoms with Gasteiger partial charge in [0, 0.05) is 10.5 Å². The maximum atomic E-state index is 11.3. The maximum absolute atomic E-state index is 11.3. The second kappa shape index (κ2) is 10.2. The van der Waals surface area contributed by atoms with Crippen molar-refractivity contribution >= 4 is 11.8 Å². The van der Waals surface area contributed by atoms with Gasteiger partial charge in [0.2, 0.25) is 0 Å². The van der Waals surface area contributed by atoms with Crippen LogP contribution in [0.3, 0.4) is 0 Å². The van der Waals surface area contributed by atoms with Crippen LogP contribution in [0.1, 0.15) is 17.4 Å². The Morgan fingerprint density at radius 1 is 0.844 bits per heavy atom. The van der Waals surface area contributed by atoms with Crippen LogP contribution in [0.25, 0.3) is 0 Å². The average molecular weight is 451 g/mol. The van der Waals surface area contributed by atoms with E-state index in [-0.39, 0.29) is 6.10 Å². The zero-order valence-electron chi connectivity index (χ0n) is 17.5. The van der Waals surface area contributed by atoms with Crippen LogP contribution in [0.5, 0.6) is 0 Å². The highest BCUT2D eigenvalue weighted by Gasteiger charge is 2.50. The van der Waals surface area contributed by atoms with Crippen molar-refractivity contribution in [3.8, 4) is 0 Å². The molecule has 3 aromatic carbocycles. The van der Waals surface area contributed by atoms with Crippen LogP contribution in [-0.2, 0) is 25.6 Å². The Morgan fingerprint density at radius 2 is 1.50 bits per heavy atom. The molecule has 5 nitrogen and oxygen atoms in total. The van der Waals surface area contributed by atoms with Crippen LogP contribution in [-0.4, -0.2) is 41.6 Å². The van der Waals surface area contributed by atoms with Crippen molar-refractivity contribution in [2.45, 2.75) is 47.6 Å². The van der Waals surface area contributed by atoms with E-state index in [0.29, 0.717) is 13.2 Å². The summed E-state index contributed by atoms with van der Waals surface area (Å²) in [6.45, 7) is 0.753. The predicted molar refractivity (Wildman–Crippen MR) is 122 cm³/mol. The van der Waals surface area contributed by atoms with Crippen molar-refractivity contribution in [1.29, 1.82) is 0 Å². The quantitative estimate of drug-likeness (QED) is 0.594. The summed E-state index contributed by atoms with van der Waals surface area (Å²) in [5, 5.41) is 11.3. The fraction of sp³-hybridized carbons (Fsp3) is 0.308. The largest absolute Gasteiger partial charge is 0.387 e. The van der Waals surface area contributed by atoms with Gasteiger partial charge in [-0.3, -0.25) is 0 Å². The van der Waals surface area contributed by atoms with Gasteiger partial charge in [-0.15, -0.1) is 0 Å². The molecule has 6 heteroatoms. The van der Waals surface area contributed by atoms with E-state index in [9.17, 15) is 5.11 Å². The van der Waals surface area contributed by atoms with E-state index < -0.39 is 30.0 Å². The minimum atomic E-state index is -0.861. The summed E-state index contributed by atoms with van der Waals surface area (Å²) in [4.78, 5) is 1.02. The first kappa shape index (κ1) is 21.6. The van der Waals surface area contributed by atoms with Crippen molar-refractivity contribution in [1.82, 2.24) is 0 Å². The minimum absolute atomic E-state index is 0.333. The van der Waals surface area contributed by atoms with E-state index in [1.165, 1.54) is 11.8 Å². The molecule has 0 aliphatic carbocycles. The van der Waals surface area contributed by atoms with Crippen LogP contribution in [0.15, 0.2) is 95.9 Å². The topological polar surface area (TPSA) is 57.2 Å². The Balaban J connectivity index is 1.36. The van der Waals surface area contributed by atoms with E-state index >= 15 is 0 Å². The third-order valence-electron chi connectivity index (χ3n) is 5.66. The number of aliphatic hydroxyl groups excluding tert-OH is 1. The molecule has 0 radical (unpaired) electrons. The molecule has 0 amide bonds. The molecule has 0 saturated carbocycles. The van der Waals surface area contributed by atoms with Gasteiger partial charge in [0.05, 0.1) is 13.2 Å². The molecule has 2 aliphatic rings. The summed E-state index contributed by atoms with van der Waals surface area (Å²) in [7, 11) is 0. The second-order valence-electron chi connectivity index (χ2n) is 7.90. The van der Waals surface area contributed by atoms with E-state index in [1.54, 1.807) is 0 Å². The van der Waals surface area contributed by atoms with Crippen LogP contribution < -0.4 is 0 Å². The number of benzene rings is 3. The van der Waals surface area contributed by atoms with Gasteiger partial charge in [0.1, 0.15) is 29.9 Å². The van der Waals surface area contributed by atoms with Crippen molar-refractivity contribution in [2.75, 3.05) is 6.61 Å². The zero-order chi connectivity index (χ0) is 21.8. The molecule has 1 unspecified atom stereocenters. The van der Waals surface area contributed by atoms with Crippen molar-refractivity contribution in [3.05, 3.63) is 102 Å². The summed E-state index contributed by atoms with van der Waals surface area (Å²) >= 11 is 1.49. The van der Waals surface area contributed by atoms with Crippen LogP contribution in [0.4, 0.5) is 0 Å². The van der Waals surface area contributed by atoms with Gasteiger partial charge >= 0.3 is 0 Å². The Hall–Kier alpha value is -2.19. The summed E-state index contributed by atoms with van der Waals surface area (Å²) < 4.78 is 24.8. The molecule has 5 rings (SSSR count). The van der Waals surface area contributed by atoms with Crippen LogP contribution >= 0.6 is 11.8 Å². The normalized spacial score (nSPS) is 29.9. The highest BCUT2D eigenvalue weighted by molar-refractivity contribution is 7.99. The van der Waals surface area contributed by atoms with Crippen molar-refractivity contribution in [2.24, 2.45) is 0 Å². The Labute approximate surface area is 192 Å². The van der Waals surface area contributed by atoms with Gasteiger partial charge in [-0.25, -0.2) is 0 Å². The highest BCUT2D eigenvalue weighted by Crippen LogP contribution is 2.40. The van der Waals surface area contributed by atoms with Gasteiger partial charge in [-0.1, -0.05) is 90.6 Å². The number of hydrogen-bond acceptors (Lipinski definition) is 6. The number of thioether (sulfide) groups is 1. The van der Waals surface area contributed by atoms with E-state index in [2.05, 4.69) is 0 Å². The molecule has 32 heavy (non-hydrogen) atoms. The van der Waals surface area contributed by atoms with Gasteiger partial charge in [0.15, 0.2) is 6.29 Å². The lowest BCUT2D eigenvalue weighted by Crippen LogP contribution is -2.61. The van der Waals surface area contributed by atoms with Crippen LogP contribution in [0, 0.1) is 0 Å². The summed E-state index contributed by atoms with van der Waals surface area (Å²) in [5.41, 5.74) is 1.49. The first-order valence-electron chi connectivity index (χ1n) is 10.8. The summed E-state index contributed by atoms with van der Waals surface area (Å²) in [5.74, 6) is 0. The SMILES string of the molecule is O[C@H]1[C@@H](OCc2ccccc2)[C@@H]2OC(c3ccccc3)OC[C@H]2O[C@H]1Sc1ccccc1. The zero-order valence-corrected chi connectivity index (χ0v) is 18.3. The number of ether oxygens (including phenoxy) is 4. The molecule has 2 saturated heterocycles. The molecule has 0 bridgehead atoms. The molecular formula is C26H26O5S. The predicted octanol–water partition coefficient (Wildman–Crippen LogP) is 4.56. The lowest BCUT2D eigenvalue weighted by Gasteiger charge is -2.47. The standard InChI is InChI=1S/C26H26O5S/c27-22-24(28-16-18-10-4-1-5-11-18)23-21(30-26(22)32-20-14-8-3-9-15-20)17-29-25(31-23)19-12-6-2-7-13-19/h1-15,21-27H,16-17H2/t21-,22+,23-,24-,25?,26+/m1/s1. The summed E-state index contributed by atoms with van der Waals surface area (Å²) in [6, 6.07) is 29.7. The first-order chi connectivity index (χ1) is 15.8. The molecule has 0 aromatic heterocycles. The lowest BCUT2D eigenvalue weighted by atomic mass is 9.98. The minimum Gasteiger partial charge on any atom is -0.387 e. The smallest absolute Gasteiger partial charge is 0.184 e. The number of aliphatic hydroxyl groups is 1. The molecule has 0 spiro atoms. The van der Waals surface area contributed by atoms with Crippen molar-refractivity contribution in [3.63, 3.8) is 0 Å². The highest BCUT2D eigenvalue weighted by atomic mass is 32.2. The Kier molecular flexibility index (Phi) is 6.88. The van der Waals surface area contributed by atoms with Gasteiger partial charge < -0.3 is 24.1 Å². The van der Waals surface area contributed by atoms with Crippen molar-refractivity contribution < 1.29 is 24.1 Å². The Bertz CT molecular complexity index is 971. The number of rotatable bonds is 6. The molecule has 2 fully saturated rings. The summed E-state index contributed by atoms with van der Waals surface area (Å²) in [6.07, 6.45) is -2.71. The number of hydrogen-bond donors (Lipinski definition) is 1. The van der Waals surface area contributed by atoms with E-state index in [1.807, 2.05) is 91.0 Å². The van der Waals surface area contributed by atoms with Gasteiger partial charge in [-0.05, 0) is 17.7 Å². The fourth-order valence-corrected chi connectivity index (χ4v) is 5.11. The molecule has 6 atom stereocenters. The van der Waals surface area contributed by atoms with E-state index in [0.717, 1.165) is 16.0 Å². The molecular weight excluding hydrogens is 424 g/mol. The third kappa shape index (κ3) is 4.91. The molecule has 166 valence electrons. The fourth-order valence-electron chi connectivity index (χ4n) is 4.03. The molecule has 1 N–H and O–H groups in total. The second-order valence-corrected chi connectivity index (χ2v) is 9.07. The third-order valence-corrected chi connectivity index (χ3v) is 6.83. The maximum Gasteiger partial charge on any atom is 0.184 e. The molecule has 2 heterocycles. The lowest BCUT2D eigenvalue weighted by molar-refractivity contribution is -0.325. The number of fused-ring (bicyclic) bond motifs is 1. The van der Waals surface area contributed by atoms with Gasteiger partial charge in [0.25, 0.3) is 0 Å². The Morgan fingerprint density at radius 3 is 2.22 bits per heavy atom. The van der Waals surface area contributed by atoms with Gasteiger partial charge in [-0.2, -0.15) is 0 Å².